The van der Waals surface area contributed by atoms with Crippen LogP contribution in [0.15, 0.2) is 59.5 Å². The SMILES string of the molecule is Cc1ccc(C)c(NS(=O)(=O)c2cc(C(=O)NCCSCc3c(Cl)cccc3Cl)ccc2Cl)c1. The zero-order valence-electron chi connectivity index (χ0n) is 18.5. The van der Waals surface area contributed by atoms with Crippen LogP contribution in [0, 0.1) is 13.8 Å². The van der Waals surface area contributed by atoms with E-state index in [1.165, 1.54) is 18.2 Å². The van der Waals surface area contributed by atoms with E-state index >= 15 is 0 Å². The van der Waals surface area contributed by atoms with Crippen molar-refractivity contribution < 1.29 is 13.2 Å². The van der Waals surface area contributed by atoms with Crippen LogP contribution in [0.2, 0.25) is 15.1 Å². The van der Waals surface area contributed by atoms with E-state index < -0.39 is 15.9 Å². The number of carbonyl (C=O) groups is 1. The van der Waals surface area contributed by atoms with Crippen LogP contribution in [-0.2, 0) is 15.8 Å². The van der Waals surface area contributed by atoms with E-state index in [1.807, 2.05) is 19.1 Å². The first-order chi connectivity index (χ1) is 16.1. The van der Waals surface area contributed by atoms with Crippen LogP contribution in [0.25, 0.3) is 0 Å². The van der Waals surface area contributed by atoms with E-state index in [0.717, 1.165) is 16.7 Å². The molecule has 0 radical (unpaired) electrons. The Balaban J connectivity index is 1.63. The molecule has 0 aliphatic carbocycles. The molecule has 3 rings (SSSR count). The highest BCUT2D eigenvalue weighted by Crippen LogP contribution is 2.29. The van der Waals surface area contributed by atoms with Gasteiger partial charge in [-0.25, -0.2) is 8.42 Å². The number of carbonyl (C=O) groups excluding carboxylic acids is 1. The Labute approximate surface area is 219 Å². The molecule has 180 valence electrons. The molecule has 0 saturated carbocycles. The molecule has 0 atom stereocenters. The fourth-order valence-corrected chi connectivity index (χ4v) is 6.32. The molecule has 0 spiro atoms. The number of halogens is 3. The van der Waals surface area contributed by atoms with Gasteiger partial charge in [0.2, 0.25) is 0 Å². The van der Waals surface area contributed by atoms with Crippen LogP contribution < -0.4 is 10.0 Å². The van der Waals surface area contributed by atoms with Gasteiger partial charge in [-0.05, 0) is 66.9 Å². The van der Waals surface area contributed by atoms with Gasteiger partial charge in [0.25, 0.3) is 15.9 Å². The summed E-state index contributed by atoms with van der Waals surface area (Å²) in [7, 11) is -4.00. The minimum atomic E-state index is -4.00. The van der Waals surface area contributed by atoms with Gasteiger partial charge in [-0.2, -0.15) is 11.8 Å². The van der Waals surface area contributed by atoms with Crippen molar-refractivity contribution in [3.05, 3.63) is 91.9 Å². The predicted octanol–water partition coefficient (Wildman–Crippen LogP) is 6.73. The number of benzene rings is 3. The van der Waals surface area contributed by atoms with E-state index in [4.69, 9.17) is 34.8 Å². The summed E-state index contributed by atoms with van der Waals surface area (Å²) >= 11 is 20.1. The summed E-state index contributed by atoms with van der Waals surface area (Å²) in [6, 6.07) is 15.0. The van der Waals surface area contributed by atoms with Gasteiger partial charge in [0, 0.05) is 33.7 Å². The molecule has 0 heterocycles. The van der Waals surface area contributed by atoms with Crippen LogP contribution in [0.5, 0.6) is 0 Å². The Morgan fingerprint density at radius 1 is 0.941 bits per heavy atom. The average molecular weight is 558 g/mol. The van der Waals surface area contributed by atoms with E-state index in [-0.39, 0.29) is 15.5 Å². The lowest BCUT2D eigenvalue weighted by Crippen LogP contribution is -2.26. The molecule has 0 aliphatic heterocycles. The van der Waals surface area contributed by atoms with Crippen LogP contribution in [-0.4, -0.2) is 26.6 Å². The van der Waals surface area contributed by atoms with Crippen molar-refractivity contribution in [2.45, 2.75) is 24.5 Å². The zero-order chi connectivity index (χ0) is 24.9. The number of hydrogen-bond acceptors (Lipinski definition) is 4. The van der Waals surface area contributed by atoms with Gasteiger partial charge in [-0.15, -0.1) is 0 Å². The number of hydrogen-bond donors (Lipinski definition) is 2. The lowest BCUT2D eigenvalue weighted by molar-refractivity contribution is 0.0956. The average Bonchev–Trinajstić information content (AvgIpc) is 2.77. The van der Waals surface area contributed by atoms with Crippen molar-refractivity contribution in [3.8, 4) is 0 Å². The fraction of sp³-hybridized carbons (Fsp3) is 0.208. The van der Waals surface area contributed by atoms with Crippen molar-refractivity contribution in [1.29, 1.82) is 0 Å². The molecule has 2 N–H and O–H groups in total. The monoisotopic (exact) mass is 556 g/mol. The number of aryl methyl sites for hydroxylation is 2. The van der Waals surface area contributed by atoms with Crippen molar-refractivity contribution in [1.82, 2.24) is 5.32 Å². The molecule has 0 bridgehead atoms. The second-order valence-electron chi connectivity index (χ2n) is 7.58. The van der Waals surface area contributed by atoms with Gasteiger partial charge < -0.3 is 5.32 Å². The topological polar surface area (TPSA) is 75.3 Å². The normalized spacial score (nSPS) is 11.3. The van der Waals surface area contributed by atoms with Gasteiger partial charge in [0.1, 0.15) is 4.90 Å². The molecule has 0 fully saturated rings. The predicted molar refractivity (Wildman–Crippen MR) is 143 cm³/mol. The summed E-state index contributed by atoms with van der Waals surface area (Å²) in [4.78, 5) is 12.5. The Hall–Kier alpha value is -1.90. The van der Waals surface area contributed by atoms with Gasteiger partial charge in [-0.3, -0.25) is 9.52 Å². The van der Waals surface area contributed by atoms with Crippen molar-refractivity contribution in [2.24, 2.45) is 0 Å². The molecule has 34 heavy (non-hydrogen) atoms. The quantitative estimate of drug-likeness (QED) is 0.286. The molecule has 0 saturated heterocycles. The Morgan fingerprint density at radius 2 is 1.65 bits per heavy atom. The first kappa shape index (κ1) is 26.7. The number of amides is 1. The zero-order valence-corrected chi connectivity index (χ0v) is 22.4. The minimum absolute atomic E-state index is 0.0292. The molecule has 5 nitrogen and oxygen atoms in total. The number of anilines is 1. The number of rotatable bonds is 9. The van der Waals surface area contributed by atoms with Crippen molar-refractivity contribution in [2.75, 3.05) is 17.0 Å². The summed E-state index contributed by atoms with van der Waals surface area (Å²) < 4.78 is 28.6. The second-order valence-corrected chi connectivity index (χ2v) is 11.6. The molecule has 1 amide bonds. The Bertz CT molecular complexity index is 1290. The molecule has 0 unspecified atom stereocenters. The molecule has 10 heteroatoms. The third-order valence-electron chi connectivity index (χ3n) is 4.96. The van der Waals surface area contributed by atoms with Crippen molar-refractivity contribution in [3.63, 3.8) is 0 Å². The largest absolute Gasteiger partial charge is 0.351 e. The molecule has 0 aromatic heterocycles. The lowest BCUT2D eigenvalue weighted by Gasteiger charge is -2.13. The first-order valence-corrected chi connectivity index (χ1v) is 14.0. The summed E-state index contributed by atoms with van der Waals surface area (Å²) in [5, 5.41) is 4.03. The number of thioether (sulfide) groups is 1. The van der Waals surface area contributed by atoms with Gasteiger partial charge in [0.15, 0.2) is 0 Å². The van der Waals surface area contributed by atoms with Crippen LogP contribution in [0.1, 0.15) is 27.0 Å². The standard InChI is InChI=1S/C24H23Cl3N2O3S2/c1-15-6-7-16(2)22(12-15)29-34(31,32)23-13-17(8-9-21(23)27)24(30)28-10-11-33-14-18-19(25)4-3-5-20(18)26/h3-9,12-13,29H,10-11,14H2,1-2H3,(H,28,30). The molecule has 0 aliphatic rings. The van der Waals surface area contributed by atoms with Gasteiger partial charge in [-0.1, -0.05) is 53.0 Å². The van der Waals surface area contributed by atoms with Gasteiger partial charge in [0.05, 0.1) is 10.7 Å². The Kier molecular flexibility index (Phi) is 9.18. The maximum absolute atomic E-state index is 13.0. The molecular formula is C24H23Cl3N2O3S2. The molecule has 3 aromatic carbocycles. The summed E-state index contributed by atoms with van der Waals surface area (Å²) in [5.74, 6) is 0.846. The highest BCUT2D eigenvalue weighted by atomic mass is 35.5. The summed E-state index contributed by atoms with van der Waals surface area (Å²) in [5.41, 5.74) is 3.20. The van der Waals surface area contributed by atoms with E-state index in [2.05, 4.69) is 10.0 Å². The van der Waals surface area contributed by atoms with E-state index in [0.29, 0.717) is 33.8 Å². The number of nitrogens with one attached hydrogen (secondary N) is 2. The van der Waals surface area contributed by atoms with Crippen LogP contribution in [0.4, 0.5) is 5.69 Å². The highest BCUT2D eigenvalue weighted by molar-refractivity contribution is 7.98. The highest BCUT2D eigenvalue weighted by Gasteiger charge is 2.21. The summed E-state index contributed by atoms with van der Waals surface area (Å²) in [6.07, 6.45) is 0. The minimum Gasteiger partial charge on any atom is -0.351 e. The Morgan fingerprint density at radius 3 is 2.35 bits per heavy atom. The third kappa shape index (κ3) is 6.83. The molecular weight excluding hydrogens is 535 g/mol. The lowest BCUT2D eigenvalue weighted by atomic mass is 10.1. The maximum atomic E-state index is 13.0. The summed E-state index contributed by atoms with van der Waals surface area (Å²) in [6.45, 7) is 4.06. The fourth-order valence-electron chi connectivity index (χ4n) is 3.08. The van der Waals surface area contributed by atoms with E-state index in [9.17, 15) is 13.2 Å². The number of sulfonamides is 1. The maximum Gasteiger partial charge on any atom is 0.263 e. The van der Waals surface area contributed by atoms with Crippen LogP contribution >= 0.6 is 46.6 Å². The second kappa shape index (κ2) is 11.7. The third-order valence-corrected chi connectivity index (χ3v) is 8.50. The van der Waals surface area contributed by atoms with Crippen molar-refractivity contribution >= 4 is 68.2 Å². The van der Waals surface area contributed by atoms with Gasteiger partial charge >= 0.3 is 0 Å². The smallest absolute Gasteiger partial charge is 0.263 e. The van der Waals surface area contributed by atoms with Crippen LogP contribution in [0.3, 0.4) is 0 Å². The van der Waals surface area contributed by atoms with E-state index in [1.54, 1.807) is 43.0 Å². The molecule has 3 aromatic rings. The first-order valence-electron chi connectivity index (χ1n) is 10.3.